The Morgan fingerprint density at radius 1 is 1.35 bits per heavy atom. The van der Waals surface area contributed by atoms with Gasteiger partial charge in [0.2, 0.25) is 10.0 Å². The van der Waals surface area contributed by atoms with E-state index in [-0.39, 0.29) is 24.2 Å². The lowest BCUT2D eigenvalue weighted by molar-refractivity contribution is 0.151. The number of hydrogen-bond donors (Lipinski definition) is 0. The first-order chi connectivity index (χ1) is 10.9. The fraction of sp³-hybridized carbons (Fsp3) is 0.467. The topological polar surface area (TPSA) is 76.8 Å². The standard InChI is InChI=1S/C15H15IN4O2S/c1-23(21,22)20-12-5-13(19-8-18-7-14(12)19)15(20)9-2-3-10(6-17)11(16)4-9/h2-4,8,12-15H,5,7H2,1H3. The lowest BCUT2D eigenvalue weighted by Gasteiger charge is -2.41. The van der Waals surface area contributed by atoms with Gasteiger partial charge in [-0.1, -0.05) is 6.07 Å². The number of aliphatic imine (C=N–C) groups is 1. The van der Waals surface area contributed by atoms with Gasteiger partial charge in [-0.3, -0.25) is 4.99 Å². The molecule has 0 saturated carbocycles. The third-order valence-electron chi connectivity index (χ3n) is 5.00. The summed E-state index contributed by atoms with van der Waals surface area (Å²) in [7, 11) is -3.31. The fourth-order valence-corrected chi connectivity index (χ4v) is 6.23. The van der Waals surface area contributed by atoms with Gasteiger partial charge in [-0.25, -0.2) is 8.42 Å². The lowest BCUT2D eigenvalue weighted by atomic mass is 9.99. The number of rotatable bonds is 2. The number of fused-ring (bicyclic) bond motifs is 5. The zero-order chi connectivity index (χ0) is 16.4. The Morgan fingerprint density at radius 3 is 2.78 bits per heavy atom. The molecular formula is C15H15IN4O2S. The molecule has 4 unspecified atom stereocenters. The van der Waals surface area contributed by atoms with Crippen LogP contribution in [0.25, 0.3) is 0 Å². The normalized spacial score (nSPS) is 32.3. The minimum atomic E-state index is -3.31. The van der Waals surface area contributed by atoms with Gasteiger partial charge in [-0.05, 0) is 46.7 Å². The molecule has 1 aromatic carbocycles. The predicted octanol–water partition coefficient (Wildman–Crippen LogP) is 1.33. The molecular weight excluding hydrogens is 427 g/mol. The average molecular weight is 442 g/mol. The summed E-state index contributed by atoms with van der Waals surface area (Å²) in [6.45, 7) is 0.671. The lowest BCUT2D eigenvalue weighted by Crippen LogP contribution is -2.54. The van der Waals surface area contributed by atoms with E-state index in [9.17, 15) is 8.42 Å². The number of sulfonamides is 1. The van der Waals surface area contributed by atoms with E-state index >= 15 is 0 Å². The Balaban J connectivity index is 1.81. The first-order valence-electron chi connectivity index (χ1n) is 7.37. The second-order valence-corrected chi connectivity index (χ2v) is 9.30. The number of benzene rings is 1. The van der Waals surface area contributed by atoms with Gasteiger partial charge in [0.05, 0.1) is 42.8 Å². The SMILES string of the molecule is CS(=O)(=O)N1C2CC(C1c1ccc(C#N)c(I)c1)N1C=NCC21. The molecule has 23 heavy (non-hydrogen) atoms. The Labute approximate surface area is 149 Å². The zero-order valence-corrected chi connectivity index (χ0v) is 15.4. The van der Waals surface area contributed by atoms with Gasteiger partial charge in [0.1, 0.15) is 6.07 Å². The van der Waals surface area contributed by atoms with E-state index in [1.165, 1.54) is 6.26 Å². The molecule has 3 heterocycles. The van der Waals surface area contributed by atoms with Gasteiger partial charge in [-0.2, -0.15) is 9.57 Å². The number of piperazine rings is 1. The molecule has 0 spiro atoms. The van der Waals surface area contributed by atoms with Crippen LogP contribution in [0.4, 0.5) is 0 Å². The van der Waals surface area contributed by atoms with Crippen molar-refractivity contribution in [3.63, 3.8) is 0 Å². The molecule has 0 amide bonds. The molecule has 2 fully saturated rings. The summed E-state index contributed by atoms with van der Waals surface area (Å²) in [5, 5.41) is 9.10. The highest BCUT2D eigenvalue weighted by Crippen LogP contribution is 2.49. The molecule has 0 aliphatic carbocycles. The van der Waals surface area contributed by atoms with Crippen LogP contribution in [0, 0.1) is 14.9 Å². The predicted molar refractivity (Wildman–Crippen MR) is 94.5 cm³/mol. The number of nitriles is 1. The summed E-state index contributed by atoms with van der Waals surface area (Å²) in [5.41, 5.74) is 1.56. The van der Waals surface area contributed by atoms with Crippen molar-refractivity contribution in [2.45, 2.75) is 30.6 Å². The quantitative estimate of drug-likeness (QED) is 0.648. The van der Waals surface area contributed by atoms with Crippen molar-refractivity contribution in [1.29, 1.82) is 5.26 Å². The highest BCUT2D eigenvalue weighted by atomic mass is 127. The molecule has 0 N–H and O–H groups in total. The molecule has 4 atom stereocenters. The van der Waals surface area contributed by atoms with Gasteiger partial charge in [0.25, 0.3) is 0 Å². The number of hydrogen-bond acceptors (Lipinski definition) is 5. The maximum atomic E-state index is 12.4. The molecule has 4 rings (SSSR count). The molecule has 3 aliphatic heterocycles. The molecule has 0 radical (unpaired) electrons. The summed E-state index contributed by atoms with van der Waals surface area (Å²) >= 11 is 2.13. The van der Waals surface area contributed by atoms with E-state index in [4.69, 9.17) is 5.26 Å². The smallest absolute Gasteiger partial charge is 0.212 e. The first kappa shape index (κ1) is 15.4. The molecule has 0 aromatic heterocycles. The van der Waals surface area contributed by atoms with Crippen LogP contribution in [-0.2, 0) is 10.0 Å². The Bertz CT molecular complexity index is 848. The van der Waals surface area contributed by atoms with Gasteiger partial charge < -0.3 is 4.90 Å². The third kappa shape index (κ3) is 2.21. The van der Waals surface area contributed by atoms with Crippen LogP contribution in [0.15, 0.2) is 23.2 Å². The average Bonchev–Trinajstić information content (AvgIpc) is 3.17. The van der Waals surface area contributed by atoms with Crippen LogP contribution in [0.2, 0.25) is 0 Å². The Kier molecular flexibility index (Phi) is 3.44. The van der Waals surface area contributed by atoms with Crippen LogP contribution < -0.4 is 0 Å². The molecule has 2 bridgehead atoms. The first-order valence-corrected chi connectivity index (χ1v) is 10.3. The highest BCUT2D eigenvalue weighted by Gasteiger charge is 2.59. The molecule has 2 saturated heterocycles. The minimum Gasteiger partial charge on any atom is -0.351 e. The maximum Gasteiger partial charge on any atom is 0.212 e. The summed E-state index contributed by atoms with van der Waals surface area (Å²) in [4.78, 5) is 6.56. The maximum absolute atomic E-state index is 12.4. The molecule has 8 heteroatoms. The van der Waals surface area contributed by atoms with Crippen molar-refractivity contribution in [2.24, 2.45) is 4.99 Å². The van der Waals surface area contributed by atoms with Crippen LogP contribution in [0.3, 0.4) is 0 Å². The van der Waals surface area contributed by atoms with E-state index in [0.717, 1.165) is 15.6 Å². The van der Waals surface area contributed by atoms with Gasteiger partial charge >= 0.3 is 0 Å². The van der Waals surface area contributed by atoms with Crippen molar-refractivity contribution >= 4 is 39.0 Å². The van der Waals surface area contributed by atoms with Crippen molar-refractivity contribution in [1.82, 2.24) is 9.21 Å². The molecule has 1 aromatic rings. The van der Waals surface area contributed by atoms with E-state index in [2.05, 4.69) is 38.6 Å². The van der Waals surface area contributed by atoms with Gasteiger partial charge in [-0.15, -0.1) is 0 Å². The van der Waals surface area contributed by atoms with E-state index in [1.807, 2.05) is 18.5 Å². The van der Waals surface area contributed by atoms with Crippen LogP contribution in [0.5, 0.6) is 0 Å². The van der Waals surface area contributed by atoms with E-state index in [0.29, 0.717) is 12.1 Å². The van der Waals surface area contributed by atoms with Crippen LogP contribution in [0.1, 0.15) is 23.6 Å². The van der Waals surface area contributed by atoms with E-state index in [1.54, 1.807) is 10.4 Å². The molecule has 120 valence electrons. The third-order valence-corrected chi connectivity index (χ3v) is 7.16. The highest BCUT2D eigenvalue weighted by molar-refractivity contribution is 14.1. The largest absolute Gasteiger partial charge is 0.351 e. The molecule has 6 nitrogen and oxygen atoms in total. The second kappa shape index (κ2) is 5.16. The monoisotopic (exact) mass is 442 g/mol. The van der Waals surface area contributed by atoms with Crippen molar-refractivity contribution in [3.8, 4) is 6.07 Å². The Morgan fingerprint density at radius 2 is 2.13 bits per heavy atom. The van der Waals surface area contributed by atoms with Crippen LogP contribution >= 0.6 is 22.6 Å². The summed E-state index contributed by atoms with van der Waals surface area (Å²) < 4.78 is 27.4. The van der Waals surface area contributed by atoms with E-state index < -0.39 is 10.0 Å². The number of nitrogens with zero attached hydrogens (tertiary/aromatic N) is 4. The van der Waals surface area contributed by atoms with Gasteiger partial charge in [0.15, 0.2) is 0 Å². The second-order valence-electron chi connectivity index (χ2n) is 6.25. The van der Waals surface area contributed by atoms with Crippen molar-refractivity contribution < 1.29 is 8.42 Å². The minimum absolute atomic E-state index is 0.0178. The van der Waals surface area contributed by atoms with Crippen LogP contribution in [-0.4, -0.2) is 54.9 Å². The van der Waals surface area contributed by atoms with Crippen molar-refractivity contribution in [3.05, 3.63) is 32.9 Å². The Hall–Kier alpha value is -1.18. The summed E-state index contributed by atoms with van der Waals surface area (Å²) in [6.07, 6.45) is 4.00. The molecule has 3 aliphatic rings. The zero-order valence-electron chi connectivity index (χ0n) is 12.4. The number of halogens is 1. The van der Waals surface area contributed by atoms with Gasteiger partial charge in [0, 0.05) is 9.61 Å². The van der Waals surface area contributed by atoms with Crippen molar-refractivity contribution in [2.75, 3.05) is 12.8 Å². The summed E-state index contributed by atoms with van der Waals surface area (Å²) in [6, 6.07) is 7.81. The fourth-order valence-electron chi connectivity index (χ4n) is 4.18. The summed E-state index contributed by atoms with van der Waals surface area (Å²) in [5.74, 6) is 0.